The Kier molecular flexibility index (Phi) is 5.50. The van der Waals surface area contributed by atoms with E-state index in [0.717, 1.165) is 59.4 Å². The SMILES string of the molecule is CSN1CCC2(CC1)C(=O)N(Cc1ncc3cc(F)ccc3c1-c1cccnc1)c1cnccc12. The molecule has 0 bridgehead atoms. The number of nitrogens with zero attached hydrogens (tertiary/aromatic N) is 5. The zero-order valence-electron chi connectivity index (χ0n) is 19.3. The number of carbonyl (C=O) groups is 1. The smallest absolute Gasteiger partial charge is 0.238 e. The topological polar surface area (TPSA) is 62.2 Å². The molecule has 0 atom stereocenters. The quantitative estimate of drug-likeness (QED) is 0.380. The van der Waals surface area contributed by atoms with Gasteiger partial charge in [0.1, 0.15) is 5.82 Å². The predicted octanol–water partition coefficient (Wildman–Crippen LogP) is 4.99. The van der Waals surface area contributed by atoms with E-state index >= 15 is 0 Å². The van der Waals surface area contributed by atoms with Crippen molar-refractivity contribution in [1.29, 1.82) is 0 Å². The van der Waals surface area contributed by atoms with E-state index < -0.39 is 5.41 Å². The molecular weight excluding hydrogens is 461 g/mol. The molecule has 0 saturated carbocycles. The normalized spacial score (nSPS) is 17.3. The maximum Gasteiger partial charge on any atom is 0.238 e. The Labute approximate surface area is 207 Å². The molecule has 4 aromatic rings. The zero-order valence-corrected chi connectivity index (χ0v) is 20.1. The van der Waals surface area contributed by atoms with Crippen molar-refractivity contribution >= 4 is 34.3 Å². The first-order chi connectivity index (χ1) is 17.1. The number of anilines is 1. The average molecular weight is 486 g/mol. The molecular formula is C27H24FN5OS. The summed E-state index contributed by atoms with van der Waals surface area (Å²) in [6.07, 6.45) is 12.4. The van der Waals surface area contributed by atoms with Crippen LogP contribution in [0.25, 0.3) is 21.9 Å². The molecule has 0 unspecified atom stereocenters. The van der Waals surface area contributed by atoms with Crippen LogP contribution in [0.2, 0.25) is 0 Å². The lowest BCUT2D eigenvalue weighted by Crippen LogP contribution is -2.47. The summed E-state index contributed by atoms with van der Waals surface area (Å²) >= 11 is 1.73. The molecule has 0 aliphatic carbocycles. The second-order valence-corrected chi connectivity index (χ2v) is 9.91. The number of hydrogen-bond acceptors (Lipinski definition) is 6. The van der Waals surface area contributed by atoms with Gasteiger partial charge < -0.3 is 4.90 Å². The summed E-state index contributed by atoms with van der Waals surface area (Å²) < 4.78 is 16.3. The lowest BCUT2D eigenvalue weighted by Gasteiger charge is -2.37. The number of fused-ring (bicyclic) bond motifs is 3. The minimum atomic E-state index is -0.529. The van der Waals surface area contributed by atoms with Crippen molar-refractivity contribution in [2.75, 3.05) is 24.2 Å². The summed E-state index contributed by atoms with van der Waals surface area (Å²) in [5.74, 6) is -0.197. The van der Waals surface area contributed by atoms with E-state index in [2.05, 4.69) is 20.5 Å². The minimum Gasteiger partial charge on any atom is -0.304 e. The highest BCUT2D eigenvalue weighted by molar-refractivity contribution is 7.96. The van der Waals surface area contributed by atoms with Crippen LogP contribution >= 0.6 is 11.9 Å². The average Bonchev–Trinajstić information content (AvgIpc) is 3.12. The first-order valence-electron chi connectivity index (χ1n) is 11.6. The molecule has 6 nitrogen and oxygen atoms in total. The van der Waals surface area contributed by atoms with Crippen LogP contribution in [0.3, 0.4) is 0 Å². The molecule has 2 aliphatic rings. The van der Waals surface area contributed by atoms with Gasteiger partial charge >= 0.3 is 0 Å². The van der Waals surface area contributed by atoms with Crippen LogP contribution in [-0.2, 0) is 16.8 Å². The van der Waals surface area contributed by atoms with Gasteiger partial charge in [-0.3, -0.25) is 24.1 Å². The maximum atomic E-state index is 14.1. The van der Waals surface area contributed by atoms with Gasteiger partial charge in [0.15, 0.2) is 0 Å². The molecule has 176 valence electrons. The van der Waals surface area contributed by atoms with Gasteiger partial charge in [0, 0.05) is 54.4 Å². The Morgan fingerprint density at radius 1 is 1.06 bits per heavy atom. The number of benzene rings is 1. The second kappa shape index (κ2) is 8.70. The monoisotopic (exact) mass is 485 g/mol. The van der Waals surface area contributed by atoms with Crippen LogP contribution in [0.1, 0.15) is 24.1 Å². The lowest BCUT2D eigenvalue weighted by molar-refractivity contribution is -0.124. The molecule has 1 fully saturated rings. The van der Waals surface area contributed by atoms with Gasteiger partial charge in [0.25, 0.3) is 0 Å². The summed E-state index contributed by atoms with van der Waals surface area (Å²) in [4.78, 5) is 29.3. The molecule has 1 saturated heterocycles. The van der Waals surface area contributed by atoms with Crippen molar-refractivity contribution < 1.29 is 9.18 Å². The molecule has 1 aromatic carbocycles. The number of rotatable bonds is 4. The van der Waals surface area contributed by atoms with Gasteiger partial charge in [-0.2, -0.15) is 0 Å². The zero-order chi connectivity index (χ0) is 24.0. The van der Waals surface area contributed by atoms with Gasteiger partial charge in [-0.1, -0.05) is 24.1 Å². The summed E-state index contributed by atoms with van der Waals surface area (Å²) in [5.41, 5.74) is 3.88. The summed E-state index contributed by atoms with van der Waals surface area (Å²) in [5, 5.41) is 1.59. The molecule has 35 heavy (non-hydrogen) atoms. The van der Waals surface area contributed by atoms with Gasteiger partial charge in [-0.15, -0.1) is 0 Å². The van der Waals surface area contributed by atoms with E-state index in [1.54, 1.807) is 49.0 Å². The largest absolute Gasteiger partial charge is 0.304 e. The van der Waals surface area contributed by atoms with Gasteiger partial charge in [-0.25, -0.2) is 4.39 Å². The third-order valence-electron chi connectivity index (χ3n) is 7.28. The summed E-state index contributed by atoms with van der Waals surface area (Å²) in [6.45, 7) is 2.04. The molecule has 0 radical (unpaired) electrons. The van der Waals surface area contributed by atoms with Crippen LogP contribution < -0.4 is 4.90 Å². The fourth-order valence-corrected chi connectivity index (χ4v) is 6.07. The number of aromatic nitrogens is 3. The molecule has 3 aromatic heterocycles. The van der Waals surface area contributed by atoms with Crippen LogP contribution in [0.5, 0.6) is 0 Å². The Bertz CT molecular complexity index is 1420. The van der Waals surface area contributed by atoms with Gasteiger partial charge in [-0.05, 0) is 54.3 Å². The van der Waals surface area contributed by atoms with E-state index in [0.29, 0.717) is 11.9 Å². The molecule has 1 spiro atoms. The highest BCUT2D eigenvalue weighted by atomic mass is 32.2. The van der Waals surface area contributed by atoms with Gasteiger partial charge in [0.2, 0.25) is 5.91 Å². The first-order valence-corrected chi connectivity index (χ1v) is 12.8. The van der Waals surface area contributed by atoms with Crippen molar-refractivity contribution in [3.63, 3.8) is 0 Å². The van der Waals surface area contributed by atoms with Crippen LogP contribution in [0, 0.1) is 5.82 Å². The lowest BCUT2D eigenvalue weighted by atomic mass is 9.74. The van der Waals surface area contributed by atoms with Crippen molar-refractivity contribution in [2.45, 2.75) is 24.8 Å². The van der Waals surface area contributed by atoms with Crippen LogP contribution in [-0.4, -0.2) is 44.5 Å². The number of amides is 1. The predicted molar refractivity (Wildman–Crippen MR) is 136 cm³/mol. The standard InChI is InChI=1S/C27H24FN5OS/c1-35-32-11-7-27(8-12-32)22-6-10-30-16-24(22)33(26(27)34)17-23-25(18-3-2-9-29-14-18)21-5-4-20(28)13-19(21)15-31-23/h2-6,9-10,13-16H,7-8,11-12,17H2,1H3. The van der Waals surface area contributed by atoms with Crippen molar-refractivity contribution in [3.05, 3.63) is 84.5 Å². The number of halogens is 1. The van der Waals surface area contributed by atoms with E-state index in [-0.39, 0.29) is 11.7 Å². The third-order valence-corrected chi connectivity index (χ3v) is 8.17. The highest BCUT2D eigenvalue weighted by Crippen LogP contribution is 2.49. The highest BCUT2D eigenvalue weighted by Gasteiger charge is 2.52. The second-order valence-electron chi connectivity index (χ2n) is 9.03. The molecule has 2 aliphatic heterocycles. The molecule has 0 N–H and O–H groups in total. The fourth-order valence-electron chi connectivity index (χ4n) is 5.52. The molecule has 1 amide bonds. The molecule has 5 heterocycles. The van der Waals surface area contributed by atoms with Crippen molar-refractivity contribution in [3.8, 4) is 11.1 Å². The van der Waals surface area contributed by atoms with Crippen LogP contribution in [0.15, 0.2) is 67.4 Å². The number of carbonyl (C=O) groups excluding carboxylic acids is 1. The fraction of sp³-hybridized carbons (Fsp3) is 0.259. The van der Waals surface area contributed by atoms with Gasteiger partial charge in [0.05, 0.1) is 29.5 Å². The molecule has 8 heteroatoms. The third kappa shape index (κ3) is 3.59. The Morgan fingerprint density at radius 2 is 1.89 bits per heavy atom. The Hall–Kier alpha value is -3.36. The van der Waals surface area contributed by atoms with E-state index in [1.807, 2.05) is 23.1 Å². The van der Waals surface area contributed by atoms with Crippen molar-refractivity contribution in [1.82, 2.24) is 19.3 Å². The number of hydrogen-bond donors (Lipinski definition) is 0. The van der Waals surface area contributed by atoms with Crippen LogP contribution in [0.4, 0.5) is 10.1 Å². The Balaban J connectivity index is 1.46. The minimum absolute atomic E-state index is 0.111. The Morgan fingerprint density at radius 3 is 2.66 bits per heavy atom. The summed E-state index contributed by atoms with van der Waals surface area (Å²) in [6, 6.07) is 10.6. The maximum absolute atomic E-state index is 14.1. The molecule has 6 rings (SSSR count). The number of pyridine rings is 3. The summed E-state index contributed by atoms with van der Waals surface area (Å²) in [7, 11) is 0. The van der Waals surface area contributed by atoms with E-state index in [1.165, 1.54) is 12.1 Å². The number of piperidine rings is 1. The first kappa shape index (κ1) is 22.1. The van der Waals surface area contributed by atoms with E-state index in [9.17, 15) is 9.18 Å². The van der Waals surface area contributed by atoms with E-state index in [4.69, 9.17) is 4.98 Å². The van der Waals surface area contributed by atoms with Crippen molar-refractivity contribution in [2.24, 2.45) is 0 Å².